The third-order valence-electron chi connectivity index (χ3n) is 5.39. The standard InChI is InChI=1S/C22H25FN6O3/c1-12(2)19(20-13(3)16-8-14(23)4-5-17(16)32-20)28-22(31)27-15-9-25-21(26-10-15)29-7-6-24-18(30)11-29/h4-5,8-10,12,19H,6-7,11H2,1-3H3,(H,24,30)(H2,27,28,31). The van der Waals surface area contributed by atoms with E-state index in [1.54, 1.807) is 11.0 Å². The van der Waals surface area contributed by atoms with Crippen molar-refractivity contribution >= 4 is 34.5 Å². The predicted octanol–water partition coefficient (Wildman–Crippen LogP) is 3.13. The van der Waals surface area contributed by atoms with Gasteiger partial charge in [0.25, 0.3) is 0 Å². The lowest BCUT2D eigenvalue weighted by Gasteiger charge is -2.26. The Morgan fingerprint density at radius 1 is 1.28 bits per heavy atom. The van der Waals surface area contributed by atoms with Crippen molar-refractivity contribution in [1.82, 2.24) is 20.6 Å². The van der Waals surface area contributed by atoms with Crippen LogP contribution in [0, 0.1) is 18.7 Å². The number of nitrogens with one attached hydrogen (secondary N) is 3. The van der Waals surface area contributed by atoms with Crippen molar-refractivity contribution in [3.63, 3.8) is 0 Å². The van der Waals surface area contributed by atoms with E-state index in [9.17, 15) is 14.0 Å². The second-order valence-corrected chi connectivity index (χ2v) is 8.10. The summed E-state index contributed by atoms with van der Waals surface area (Å²) in [6, 6.07) is 3.50. The Kier molecular flexibility index (Phi) is 5.93. The van der Waals surface area contributed by atoms with Crippen molar-refractivity contribution < 1.29 is 18.4 Å². The highest BCUT2D eigenvalue weighted by atomic mass is 19.1. The van der Waals surface area contributed by atoms with Gasteiger partial charge in [-0.05, 0) is 31.0 Å². The molecule has 1 unspecified atom stereocenters. The fourth-order valence-electron chi connectivity index (χ4n) is 3.71. The molecule has 1 aromatic carbocycles. The van der Waals surface area contributed by atoms with Gasteiger partial charge in [-0.2, -0.15) is 0 Å². The summed E-state index contributed by atoms with van der Waals surface area (Å²) in [7, 11) is 0. The van der Waals surface area contributed by atoms with Crippen LogP contribution in [0.4, 0.5) is 20.8 Å². The lowest BCUT2D eigenvalue weighted by atomic mass is 9.98. The zero-order chi connectivity index (χ0) is 22.8. The van der Waals surface area contributed by atoms with Crippen LogP contribution in [-0.2, 0) is 4.79 Å². The SMILES string of the molecule is Cc1c(C(NC(=O)Nc2cnc(N3CCNC(=O)C3)nc2)C(C)C)oc2ccc(F)cc12. The molecule has 0 spiro atoms. The molecule has 3 amide bonds. The Labute approximate surface area is 184 Å². The van der Waals surface area contributed by atoms with Gasteiger partial charge in [-0.15, -0.1) is 0 Å². The Morgan fingerprint density at radius 3 is 2.72 bits per heavy atom. The number of aryl methyl sites for hydroxylation is 1. The zero-order valence-corrected chi connectivity index (χ0v) is 18.1. The van der Waals surface area contributed by atoms with Gasteiger partial charge in [0.2, 0.25) is 11.9 Å². The largest absolute Gasteiger partial charge is 0.459 e. The number of nitrogens with zero attached hydrogens (tertiary/aromatic N) is 3. The summed E-state index contributed by atoms with van der Waals surface area (Å²) in [5.41, 5.74) is 1.78. The number of halogens is 1. The summed E-state index contributed by atoms with van der Waals surface area (Å²) in [4.78, 5) is 34.5. The molecule has 3 heterocycles. The first kappa shape index (κ1) is 21.5. The molecular weight excluding hydrogens is 415 g/mol. The molecule has 0 bridgehead atoms. The molecule has 1 aliphatic heterocycles. The van der Waals surface area contributed by atoms with E-state index < -0.39 is 12.1 Å². The second-order valence-electron chi connectivity index (χ2n) is 8.10. The summed E-state index contributed by atoms with van der Waals surface area (Å²) in [6.07, 6.45) is 2.99. The summed E-state index contributed by atoms with van der Waals surface area (Å²) in [5.74, 6) is 0.619. The van der Waals surface area contributed by atoms with Crippen LogP contribution in [0.1, 0.15) is 31.2 Å². The highest BCUT2D eigenvalue weighted by Crippen LogP contribution is 2.33. The topological polar surface area (TPSA) is 112 Å². The molecule has 1 aliphatic rings. The maximum absolute atomic E-state index is 13.6. The van der Waals surface area contributed by atoms with Gasteiger partial charge in [0.05, 0.1) is 30.7 Å². The number of aromatic nitrogens is 2. The molecular formula is C22H25FN6O3. The number of piperazine rings is 1. The van der Waals surface area contributed by atoms with E-state index in [-0.39, 0.29) is 24.2 Å². The van der Waals surface area contributed by atoms with Crippen LogP contribution in [0.3, 0.4) is 0 Å². The maximum atomic E-state index is 13.6. The molecule has 1 saturated heterocycles. The molecule has 0 radical (unpaired) electrons. The average Bonchev–Trinajstić information content (AvgIpc) is 3.08. The van der Waals surface area contributed by atoms with Gasteiger partial charge in [0.1, 0.15) is 17.2 Å². The van der Waals surface area contributed by atoms with Gasteiger partial charge in [0.15, 0.2) is 0 Å². The Morgan fingerprint density at radius 2 is 2.03 bits per heavy atom. The average molecular weight is 440 g/mol. The van der Waals surface area contributed by atoms with E-state index in [4.69, 9.17) is 4.42 Å². The lowest BCUT2D eigenvalue weighted by molar-refractivity contribution is -0.120. The molecule has 2 aromatic heterocycles. The van der Waals surface area contributed by atoms with Crippen LogP contribution < -0.4 is 20.9 Å². The molecule has 0 saturated carbocycles. The highest BCUT2D eigenvalue weighted by Gasteiger charge is 2.26. The number of carbonyl (C=O) groups is 2. The summed E-state index contributed by atoms with van der Waals surface area (Å²) >= 11 is 0. The Bertz CT molecular complexity index is 1140. The first-order chi connectivity index (χ1) is 15.3. The van der Waals surface area contributed by atoms with E-state index in [0.29, 0.717) is 41.5 Å². The molecule has 3 N–H and O–H groups in total. The first-order valence-corrected chi connectivity index (χ1v) is 10.4. The van der Waals surface area contributed by atoms with Crippen LogP contribution in [0.15, 0.2) is 35.0 Å². The number of furan rings is 1. The van der Waals surface area contributed by atoms with E-state index in [1.165, 1.54) is 24.5 Å². The van der Waals surface area contributed by atoms with Crippen LogP contribution in [0.25, 0.3) is 11.0 Å². The number of rotatable bonds is 5. The molecule has 4 rings (SSSR count). The number of hydrogen-bond acceptors (Lipinski definition) is 6. The van der Waals surface area contributed by atoms with Crippen molar-refractivity contribution in [2.45, 2.75) is 26.8 Å². The predicted molar refractivity (Wildman–Crippen MR) is 118 cm³/mol. The zero-order valence-electron chi connectivity index (χ0n) is 18.1. The van der Waals surface area contributed by atoms with Crippen LogP contribution in [0.5, 0.6) is 0 Å². The van der Waals surface area contributed by atoms with E-state index in [0.717, 1.165) is 5.56 Å². The Balaban J connectivity index is 1.46. The molecule has 0 aliphatic carbocycles. The van der Waals surface area contributed by atoms with Crippen LogP contribution >= 0.6 is 0 Å². The minimum Gasteiger partial charge on any atom is -0.459 e. The Hall–Kier alpha value is -3.69. The van der Waals surface area contributed by atoms with Crippen molar-refractivity contribution in [2.24, 2.45) is 5.92 Å². The van der Waals surface area contributed by atoms with E-state index in [2.05, 4.69) is 25.9 Å². The number of hydrogen-bond donors (Lipinski definition) is 3. The van der Waals surface area contributed by atoms with Gasteiger partial charge in [0, 0.05) is 24.0 Å². The molecule has 32 heavy (non-hydrogen) atoms. The van der Waals surface area contributed by atoms with Crippen molar-refractivity contribution in [1.29, 1.82) is 0 Å². The number of urea groups is 1. The fourth-order valence-corrected chi connectivity index (χ4v) is 3.71. The summed E-state index contributed by atoms with van der Waals surface area (Å²) in [6.45, 7) is 7.13. The second kappa shape index (κ2) is 8.81. The fraction of sp³-hybridized carbons (Fsp3) is 0.364. The number of amides is 3. The maximum Gasteiger partial charge on any atom is 0.319 e. The normalized spacial score (nSPS) is 15.0. The van der Waals surface area contributed by atoms with Crippen LogP contribution in [-0.4, -0.2) is 41.5 Å². The van der Waals surface area contributed by atoms with Gasteiger partial charge in [-0.1, -0.05) is 13.8 Å². The third-order valence-corrected chi connectivity index (χ3v) is 5.39. The minimum absolute atomic E-state index is 0.0220. The van der Waals surface area contributed by atoms with Gasteiger partial charge >= 0.3 is 6.03 Å². The molecule has 1 fully saturated rings. The molecule has 168 valence electrons. The monoisotopic (exact) mass is 440 g/mol. The van der Waals surface area contributed by atoms with E-state index in [1.807, 2.05) is 20.8 Å². The quantitative estimate of drug-likeness (QED) is 0.562. The van der Waals surface area contributed by atoms with Crippen LogP contribution in [0.2, 0.25) is 0 Å². The number of benzene rings is 1. The van der Waals surface area contributed by atoms with Crippen molar-refractivity contribution in [3.05, 3.63) is 47.7 Å². The number of carbonyl (C=O) groups excluding carboxylic acids is 2. The molecule has 10 heteroatoms. The summed E-state index contributed by atoms with van der Waals surface area (Å²) < 4.78 is 19.6. The minimum atomic E-state index is -0.441. The number of fused-ring (bicyclic) bond motifs is 1. The van der Waals surface area contributed by atoms with Crippen molar-refractivity contribution in [3.8, 4) is 0 Å². The van der Waals surface area contributed by atoms with Crippen molar-refractivity contribution in [2.75, 3.05) is 29.9 Å². The number of anilines is 2. The molecule has 3 aromatic rings. The lowest BCUT2D eigenvalue weighted by Crippen LogP contribution is -2.48. The molecule has 9 nitrogen and oxygen atoms in total. The molecule has 1 atom stereocenters. The van der Waals surface area contributed by atoms with Gasteiger partial charge in [-0.3, -0.25) is 4.79 Å². The van der Waals surface area contributed by atoms with Gasteiger partial charge in [-0.25, -0.2) is 19.2 Å². The van der Waals surface area contributed by atoms with Gasteiger partial charge < -0.3 is 25.3 Å². The third kappa shape index (κ3) is 4.48. The smallest absolute Gasteiger partial charge is 0.319 e. The highest BCUT2D eigenvalue weighted by molar-refractivity contribution is 5.89. The summed E-state index contributed by atoms with van der Waals surface area (Å²) in [5, 5.41) is 9.08. The van der Waals surface area contributed by atoms with E-state index >= 15 is 0 Å². The first-order valence-electron chi connectivity index (χ1n) is 10.4.